The zero-order chi connectivity index (χ0) is 19.1. The lowest BCUT2D eigenvalue weighted by Crippen LogP contribution is -2.40. The highest BCUT2D eigenvalue weighted by atomic mass is 32.2. The summed E-state index contributed by atoms with van der Waals surface area (Å²) in [6, 6.07) is 6.72. The van der Waals surface area contributed by atoms with Crippen LogP contribution in [0.4, 0.5) is 5.69 Å². The lowest BCUT2D eigenvalue weighted by Gasteiger charge is -2.16. The molecule has 26 heavy (non-hydrogen) atoms. The molecule has 0 saturated carbocycles. The van der Waals surface area contributed by atoms with Crippen molar-refractivity contribution in [3.63, 3.8) is 0 Å². The van der Waals surface area contributed by atoms with E-state index < -0.39 is 22.0 Å². The van der Waals surface area contributed by atoms with Gasteiger partial charge in [0.15, 0.2) is 0 Å². The summed E-state index contributed by atoms with van der Waals surface area (Å²) < 4.78 is 28.0. The van der Waals surface area contributed by atoms with Crippen molar-refractivity contribution >= 4 is 38.4 Å². The largest absolute Gasteiger partial charge is 0.480 e. The predicted octanol–water partition coefficient (Wildman–Crippen LogP) is 2.35. The summed E-state index contributed by atoms with van der Waals surface area (Å²) in [6.07, 6.45) is 1.58. The van der Waals surface area contributed by atoms with Crippen molar-refractivity contribution in [2.24, 2.45) is 0 Å². The van der Waals surface area contributed by atoms with Crippen LogP contribution in [0.25, 0.3) is 10.8 Å². The second kappa shape index (κ2) is 6.69. The number of carbonyl (C=O) groups is 2. The van der Waals surface area contributed by atoms with Gasteiger partial charge in [-0.15, -0.1) is 0 Å². The number of nitrogens with one attached hydrogen (secondary N) is 1. The number of hydrogen-bond acceptors (Lipinski definition) is 4. The molecule has 8 heteroatoms. The third-order valence-electron chi connectivity index (χ3n) is 4.61. The number of amides is 1. The molecule has 0 spiro atoms. The molecule has 1 aliphatic rings. The fourth-order valence-corrected chi connectivity index (χ4v) is 4.66. The van der Waals surface area contributed by atoms with E-state index >= 15 is 0 Å². The van der Waals surface area contributed by atoms with E-state index in [4.69, 9.17) is 0 Å². The maximum Gasteiger partial charge on any atom is 0.321 e. The zero-order valence-corrected chi connectivity index (χ0v) is 15.3. The summed E-state index contributed by atoms with van der Waals surface area (Å²) >= 11 is 0. The van der Waals surface area contributed by atoms with E-state index in [-0.39, 0.29) is 17.2 Å². The molecule has 2 aromatic carbocycles. The normalized spacial score (nSPS) is 14.8. The van der Waals surface area contributed by atoms with E-state index in [1.165, 1.54) is 11.0 Å². The zero-order valence-electron chi connectivity index (χ0n) is 14.5. The van der Waals surface area contributed by atoms with Crippen LogP contribution in [0.5, 0.6) is 0 Å². The van der Waals surface area contributed by atoms with Crippen molar-refractivity contribution in [1.82, 2.24) is 4.72 Å². The van der Waals surface area contributed by atoms with Gasteiger partial charge in [0.25, 0.3) is 5.91 Å². The van der Waals surface area contributed by atoms with Crippen molar-refractivity contribution in [2.75, 3.05) is 11.9 Å². The van der Waals surface area contributed by atoms with E-state index in [1.807, 2.05) is 6.92 Å². The van der Waals surface area contributed by atoms with E-state index in [0.717, 1.165) is 6.42 Å². The number of hydrogen-bond donors (Lipinski definition) is 2. The van der Waals surface area contributed by atoms with Crippen molar-refractivity contribution < 1.29 is 23.1 Å². The van der Waals surface area contributed by atoms with Crippen LogP contribution < -0.4 is 9.62 Å². The minimum Gasteiger partial charge on any atom is -0.480 e. The van der Waals surface area contributed by atoms with Crippen LogP contribution in [-0.2, 0) is 14.8 Å². The van der Waals surface area contributed by atoms with Gasteiger partial charge >= 0.3 is 5.97 Å². The molecule has 0 saturated heterocycles. The van der Waals surface area contributed by atoms with Crippen LogP contribution in [0.15, 0.2) is 35.2 Å². The monoisotopic (exact) mass is 376 g/mol. The number of rotatable bonds is 7. The van der Waals surface area contributed by atoms with Crippen LogP contribution >= 0.6 is 0 Å². The van der Waals surface area contributed by atoms with Gasteiger partial charge in [-0.2, -0.15) is 4.72 Å². The van der Waals surface area contributed by atoms with Gasteiger partial charge in [-0.05, 0) is 24.6 Å². The molecule has 1 heterocycles. The lowest BCUT2D eigenvalue weighted by molar-refractivity contribution is -0.139. The maximum absolute atomic E-state index is 12.9. The molecule has 1 atom stereocenters. The molecule has 0 radical (unpaired) electrons. The first kappa shape index (κ1) is 18.3. The van der Waals surface area contributed by atoms with Crippen LogP contribution in [0.1, 0.15) is 36.5 Å². The van der Waals surface area contributed by atoms with E-state index in [9.17, 15) is 23.1 Å². The van der Waals surface area contributed by atoms with Crippen LogP contribution in [0, 0.1) is 0 Å². The minimum atomic E-state index is -4.06. The number of carboxylic acids is 1. The summed E-state index contributed by atoms with van der Waals surface area (Å²) in [7, 11) is -2.43. The molecule has 2 N–H and O–H groups in total. The Bertz CT molecular complexity index is 1000. The Labute approximate surface area is 151 Å². The first-order valence-electron chi connectivity index (χ1n) is 8.37. The fourth-order valence-electron chi connectivity index (χ4n) is 3.24. The van der Waals surface area contributed by atoms with Crippen molar-refractivity contribution in [3.8, 4) is 0 Å². The molecule has 1 amide bonds. The highest BCUT2D eigenvalue weighted by Gasteiger charge is 2.31. The number of carbonyl (C=O) groups excluding carboxylic acids is 1. The molecule has 138 valence electrons. The van der Waals surface area contributed by atoms with Gasteiger partial charge < -0.3 is 10.0 Å². The van der Waals surface area contributed by atoms with Crippen LogP contribution in [0.2, 0.25) is 0 Å². The Hall–Kier alpha value is -2.45. The molecule has 3 rings (SSSR count). The van der Waals surface area contributed by atoms with Crippen molar-refractivity contribution in [2.45, 2.75) is 37.1 Å². The quantitative estimate of drug-likeness (QED) is 0.772. The molecule has 0 fully saturated rings. The predicted molar refractivity (Wildman–Crippen MR) is 98.0 cm³/mol. The van der Waals surface area contributed by atoms with E-state index in [0.29, 0.717) is 28.4 Å². The number of unbranched alkanes of at least 4 members (excludes halogenated alkanes) is 1. The van der Waals surface area contributed by atoms with Crippen molar-refractivity contribution in [3.05, 3.63) is 35.9 Å². The molecule has 2 aromatic rings. The average Bonchev–Trinajstić information content (AvgIpc) is 2.85. The van der Waals surface area contributed by atoms with Gasteiger partial charge in [-0.25, -0.2) is 8.42 Å². The molecule has 0 bridgehead atoms. The number of benzene rings is 2. The fraction of sp³-hybridized carbons (Fsp3) is 0.333. The lowest BCUT2D eigenvalue weighted by atomic mass is 10.1. The highest BCUT2D eigenvalue weighted by Crippen LogP contribution is 2.39. The summed E-state index contributed by atoms with van der Waals surface area (Å²) in [5, 5.41) is 10.3. The van der Waals surface area contributed by atoms with Gasteiger partial charge in [-0.1, -0.05) is 31.9 Å². The first-order chi connectivity index (χ1) is 12.3. The Morgan fingerprint density at radius 1 is 1.27 bits per heavy atom. The first-order valence-corrected chi connectivity index (χ1v) is 9.85. The Morgan fingerprint density at radius 3 is 2.65 bits per heavy atom. The maximum atomic E-state index is 12.9. The summed E-state index contributed by atoms with van der Waals surface area (Å²) in [5.41, 5.74) is 1.08. The number of anilines is 1. The van der Waals surface area contributed by atoms with Crippen LogP contribution in [-0.4, -0.2) is 38.5 Å². The Kier molecular flexibility index (Phi) is 4.72. The van der Waals surface area contributed by atoms with Crippen LogP contribution in [0.3, 0.4) is 0 Å². The smallest absolute Gasteiger partial charge is 0.321 e. The minimum absolute atomic E-state index is 0.0241. The van der Waals surface area contributed by atoms with Gasteiger partial charge in [0.2, 0.25) is 10.0 Å². The topological polar surface area (TPSA) is 104 Å². The molecule has 0 aliphatic carbocycles. The van der Waals surface area contributed by atoms with E-state index in [1.54, 1.807) is 31.3 Å². The molecule has 1 aliphatic heterocycles. The molecule has 0 aromatic heterocycles. The highest BCUT2D eigenvalue weighted by molar-refractivity contribution is 7.89. The Morgan fingerprint density at radius 2 is 2.00 bits per heavy atom. The Balaban J connectivity index is 2.08. The molecule has 1 unspecified atom stereocenters. The second-order valence-corrected chi connectivity index (χ2v) is 8.01. The summed E-state index contributed by atoms with van der Waals surface area (Å²) in [4.78, 5) is 25.2. The third-order valence-corrected chi connectivity index (χ3v) is 6.14. The number of carboxylic acid groups (broad SMARTS) is 1. The second-order valence-electron chi connectivity index (χ2n) is 6.33. The number of nitrogens with zero attached hydrogens (tertiary/aromatic N) is 1. The van der Waals surface area contributed by atoms with Crippen molar-refractivity contribution in [1.29, 1.82) is 0 Å². The molecular weight excluding hydrogens is 356 g/mol. The number of sulfonamides is 1. The van der Waals surface area contributed by atoms with Gasteiger partial charge in [0, 0.05) is 23.4 Å². The van der Waals surface area contributed by atoms with Gasteiger partial charge in [0.05, 0.1) is 10.6 Å². The van der Waals surface area contributed by atoms with E-state index in [2.05, 4.69) is 4.72 Å². The average molecular weight is 376 g/mol. The SMILES string of the molecule is CCCCC(NS(=O)(=O)c1ccc2c3c(cccc13)C(=O)N2C)C(=O)O. The third kappa shape index (κ3) is 2.95. The van der Waals surface area contributed by atoms with Gasteiger partial charge in [0.1, 0.15) is 6.04 Å². The summed E-state index contributed by atoms with van der Waals surface area (Å²) in [5.74, 6) is -1.40. The standard InChI is InChI=1S/C18H20N2O5S/c1-3-4-8-13(18(22)23)19-26(24,25)15-10-9-14-16-11(15)6-5-7-12(16)17(21)20(14)2/h5-7,9-10,13,19H,3-4,8H2,1-2H3,(H,22,23). The summed E-state index contributed by atoms with van der Waals surface area (Å²) in [6.45, 7) is 1.91. The number of aliphatic carboxylic acids is 1. The molecular formula is C18H20N2O5S. The molecule has 7 nitrogen and oxygen atoms in total. The van der Waals surface area contributed by atoms with Gasteiger partial charge in [-0.3, -0.25) is 9.59 Å².